The number of methoxy groups -OCH3 is 2. The lowest BCUT2D eigenvalue weighted by molar-refractivity contribution is -0.0998. The van der Waals surface area contributed by atoms with Crippen LogP contribution in [-0.2, 0) is 15.9 Å². The van der Waals surface area contributed by atoms with Gasteiger partial charge in [0.25, 0.3) is 0 Å². The number of nitriles is 2. The van der Waals surface area contributed by atoms with Crippen molar-refractivity contribution in [2.75, 3.05) is 14.2 Å². The molecule has 148 valence electrons. The molecule has 0 aromatic carbocycles. The van der Waals surface area contributed by atoms with E-state index in [9.17, 15) is 0 Å². The van der Waals surface area contributed by atoms with Gasteiger partial charge in [0.2, 0.25) is 0 Å². The second kappa shape index (κ2) is 11.1. The quantitative estimate of drug-likeness (QED) is 0.411. The highest BCUT2D eigenvalue weighted by atomic mass is 32.1. The van der Waals surface area contributed by atoms with Crippen molar-refractivity contribution in [3.05, 3.63) is 31.2 Å². The van der Waals surface area contributed by atoms with Gasteiger partial charge in [-0.25, -0.2) is 9.97 Å². The average molecular weight is 433 g/mol. The summed E-state index contributed by atoms with van der Waals surface area (Å²) in [4.78, 5) is 9.93. The second-order valence-electron chi connectivity index (χ2n) is 6.74. The maximum atomic E-state index is 8.80. The van der Waals surface area contributed by atoms with Crippen molar-refractivity contribution in [3.63, 3.8) is 0 Å². The van der Waals surface area contributed by atoms with E-state index in [4.69, 9.17) is 20.0 Å². The summed E-state index contributed by atoms with van der Waals surface area (Å²) in [5.41, 5.74) is 4.18. The van der Waals surface area contributed by atoms with Crippen molar-refractivity contribution in [1.82, 2.24) is 9.97 Å². The fourth-order valence-corrected chi connectivity index (χ4v) is 4.15. The van der Waals surface area contributed by atoms with Crippen LogP contribution in [0, 0.1) is 48.0 Å². The van der Waals surface area contributed by atoms with Crippen LogP contribution in [0.4, 0.5) is 0 Å². The number of rotatable bonds is 4. The molecule has 2 heterocycles. The molecule has 6 nitrogen and oxygen atoms in total. The van der Waals surface area contributed by atoms with E-state index in [2.05, 4.69) is 53.2 Å². The Morgan fingerprint density at radius 1 is 0.964 bits per heavy atom. The highest BCUT2D eigenvalue weighted by molar-refractivity contribution is 7.12. The maximum absolute atomic E-state index is 8.80. The van der Waals surface area contributed by atoms with Crippen molar-refractivity contribution in [3.8, 4) is 23.6 Å². The van der Waals surface area contributed by atoms with Gasteiger partial charge < -0.3 is 9.47 Å². The van der Waals surface area contributed by atoms with Gasteiger partial charge in [-0.1, -0.05) is 25.6 Å². The lowest BCUT2D eigenvalue weighted by Gasteiger charge is -2.11. The van der Waals surface area contributed by atoms with E-state index < -0.39 is 8.07 Å². The van der Waals surface area contributed by atoms with E-state index >= 15 is 0 Å². The third kappa shape index (κ3) is 7.90. The smallest absolute Gasteiger partial charge is 0.167 e. The maximum Gasteiger partial charge on any atom is 0.167 e. The number of hydrogen-bond donors (Lipinski definition) is 0. The topological polar surface area (TPSA) is 91.8 Å². The minimum absolute atomic E-state index is 0.304. The van der Waals surface area contributed by atoms with Gasteiger partial charge >= 0.3 is 0 Å². The number of aryl methyl sites for hydroxylation is 2. The summed E-state index contributed by atoms with van der Waals surface area (Å²) in [5, 5.41) is 19.4. The predicted molar refractivity (Wildman–Crippen MR) is 115 cm³/mol. The summed E-state index contributed by atoms with van der Waals surface area (Å²) in [7, 11) is 1.80. The van der Waals surface area contributed by atoms with Crippen LogP contribution in [0.2, 0.25) is 19.6 Å². The van der Waals surface area contributed by atoms with E-state index in [0.717, 1.165) is 19.8 Å². The van der Waals surface area contributed by atoms with Crippen molar-refractivity contribution in [2.24, 2.45) is 0 Å². The molecule has 0 amide bonds. The largest absolute Gasteiger partial charge is 0.356 e. The van der Waals surface area contributed by atoms with Crippen LogP contribution >= 0.6 is 22.7 Å². The van der Waals surface area contributed by atoms with Crippen LogP contribution in [-0.4, -0.2) is 38.6 Å². The average Bonchev–Trinajstić information content (AvgIpc) is 3.18. The standard InChI is InChI=1S/C10H12N2SSi.C9H12N2O2S/c1-8-12-9(7-11)10(13-8)5-6-14(2,3)4;1-6-11-7(5-10)8(14-6)4-9(12-2)13-3/h1-4H3;9H,4H2,1-3H3. The SMILES string of the molecule is COC(Cc1sc(C)nc1C#N)OC.Cc1nc(C#N)c(C#C[Si](C)(C)C)s1. The van der Waals surface area contributed by atoms with E-state index in [1.54, 1.807) is 14.2 Å². The lowest BCUT2D eigenvalue weighted by atomic mass is 10.3. The Hall–Kier alpha value is -2.06. The molecule has 0 aliphatic heterocycles. The minimum Gasteiger partial charge on any atom is -0.356 e. The molecule has 9 heteroatoms. The van der Waals surface area contributed by atoms with Gasteiger partial charge in [0.05, 0.1) is 10.0 Å². The molecule has 2 rings (SSSR count). The molecule has 2 aromatic heterocycles. The zero-order valence-electron chi connectivity index (χ0n) is 17.2. The summed E-state index contributed by atoms with van der Waals surface area (Å²) in [6.07, 6.45) is 0.267. The van der Waals surface area contributed by atoms with E-state index in [0.29, 0.717) is 17.8 Å². The van der Waals surface area contributed by atoms with Crippen LogP contribution in [0.5, 0.6) is 0 Å². The first-order valence-electron chi connectivity index (χ1n) is 8.46. The van der Waals surface area contributed by atoms with E-state index in [-0.39, 0.29) is 6.29 Å². The zero-order valence-corrected chi connectivity index (χ0v) is 19.8. The molecule has 0 saturated heterocycles. The first kappa shape index (κ1) is 24.0. The van der Waals surface area contributed by atoms with E-state index in [1.165, 1.54) is 22.7 Å². The summed E-state index contributed by atoms with van der Waals surface area (Å²) in [6, 6.07) is 4.12. The van der Waals surface area contributed by atoms with Crippen LogP contribution < -0.4 is 0 Å². The molecular formula is C19H24N4O2S2Si. The Kier molecular flexibility index (Phi) is 9.47. The fourth-order valence-electron chi connectivity index (χ4n) is 1.94. The molecule has 0 saturated carbocycles. The number of ether oxygens (including phenoxy) is 2. The van der Waals surface area contributed by atoms with Gasteiger partial charge in [-0.3, -0.25) is 0 Å². The number of hydrogen-bond acceptors (Lipinski definition) is 8. The van der Waals surface area contributed by atoms with E-state index in [1.807, 2.05) is 13.8 Å². The molecule has 0 radical (unpaired) electrons. The van der Waals surface area contributed by atoms with Gasteiger partial charge in [0.1, 0.15) is 25.1 Å². The predicted octanol–water partition coefficient (Wildman–Crippen LogP) is 4.04. The normalized spacial score (nSPS) is 10.4. The van der Waals surface area contributed by atoms with Crippen LogP contribution in [0.3, 0.4) is 0 Å². The molecule has 0 fully saturated rings. The Bertz CT molecular complexity index is 932. The third-order valence-electron chi connectivity index (χ3n) is 3.18. The monoisotopic (exact) mass is 432 g/mol. The summed E-state index contributed by atoms with van der Waals surface area (Å²) in [6.45, 7) is 10.3. The van der Waals surface area contributed by atoms with Crippen LogP contribution in [0.15, 0.2) is 0 Å². The first-order chi connectivity index (χ1) is 13.1. The van der Waals surface area contributed by atoms with Crippen LogP contribution in [0.25, 0.3) is 0 Å². The Labute approximate surface area is 175 Å². The number of thiazole rings is 2. The minimum atomic E-state index is -1.36. The first-order valence-corrected chi connectivity index (χ1v) is 13.6. The molecule has 28 heavy (non-hydrogen) atoms. The van der Waals surface area contributed by atoms with Gasteiger partial charge in [0.15, 0.2) is 17.7 Å². The summed E-state index contributed by atoms with van der Waals surface area (Å²) in [5.74, 6) is 3.07. The van der Waals surface area contributed by atoms with Crippen LogP contribution in [0.1, 0.15) is 31.2 Å². The second-order valence-corrected chi connectivity index (χ2v) is 14.0. The van der Waals surface area contributed by atoms with Gasteiger partial charge in [-0.15, -0.1) is 28.2 Å². The Morgan fingerprint density at radius 3 is 2.00 bits per heavy atom. The highest BCUT2D eigenvalue weighted by Crippen LogP contribution is 2.20. The number of nitrogens with zero attached hydrogens (tertiary/aromatic N) is 4. The molecule has 0 unspecified atom stereocenters. The van der Waals surface area contributed by atoms with Crippen molar-refractivity contribution >= 4 is 30.7 Å². The van der Waals surface area contributed by atoms with Gasteiger partial charge in [0, 0.05) is 25.5 Å². The lowest BCUT2D eigenvalue weighted by Crippen LogP contribution is -2.16. The highest BCUT2D eigenvalue weighted by Gasteiger charge is 2.14. The summed E-state index contributed by atoms with van der Waals surface area (Å²) < 4.78 is 10.1. The van der Waals surface area contributed by atoms with Crippen molar-refractivity contribution < 1.29 is 9.47 Å². The third-order valence-corrected chi connectivity index (χ3v) is 5.93. The molecular weight excluding hydrogens is 408 g/mol. The van der Waals surface area contributed by atoms with Gasteiger partial charge in [-0.05, 0) is 13.8 Å². The molecule has 0 atom stereocenters. The molecule has 0 spiro atoms. The molecule has 0 bridgehead atoms. The van der Waals surface area contributed by atoms with Gasteiger partial charge in [-0.2, -0.15) is 10.5 Å². The Balaban J connectivity index is 0.000000280. The van der Waals surface area contributed by atoms with Crippen molar-refractivity contribution in [1.29, 1.82) is 10.5 Å². The molecule has 2 aromatic rings. The molecule has 0 aliphatic carbocycles. The molecule has 0 aliphatic rings. The zero-order chi connectivity index (χ0) is 21.3. The Morgan fingerprint density at radius 2 is 1.50 bits per heavy atom. The number of aromatic nitrogens is 2. The summed E-state index contributed by atoms with van der Waals surface area (Å²) >= 11 is 3.00. The molecule has 0 N–H and O–H groups in total. The van der Waals surface area contributed by atoms with Crippen molar-refractivity contribution in [2.45, 2.75) is 46.2 Å². The fraction of sp³-hybridized carbons (Fsp3) is 0.474.